The van der Waals surface area contributed by atoms with Crippen molar-refractivity contribution in [3.63, 3.8) is 0 Å². The number of anilines is 1. The second-order valence-electron chi connectivity index (χ2n) is 7.83. The first-order valence-electron chi connectivity index (χ1n) is 11.9. The summed E-state index contributed by atoms with van der Waals surface area (Å²) >= 11 is 0. The van der Waals surface area contributed by atoms with Crippen molar-refractivity contribution < 1.29 is 18.8 Å². The third-order valence-corrected chi connectivity index (χ3v) is 6.55. The van der Waals surface area contributed by atoms with Crippen molar-refractivity contribution in [1.82, 2.24) is 24.6 Å². The van der Waals surface area contributed by atoms with Gasteiger partial charge >= 0.3 is 0 Å². The number of benzene rings is 2. The standard InChI is InChI=1S/C23H25N6O3P.C3H8O/c24-23-25-14-21-22(27-23)29(16-26-21)11-12-31-17-33(32-20-9-5-2-6-10-20)28-19(15-30)13-18-7-3-1-4-8-18;1-3-4-2/h1-10,14-16,19,28H,11-13,17H2,(H2,24,25,27);3H2,1-2H3/t19-,33?;/m0./s1. The minimum Gasteiger partial charge on any atom is -0.456 e. The van der Waals surface area contributed by atoms with Crippen LogP contribution in [0.4, 0.5) is 5.95 Å². The monoisotopic (exact) mass is 524 g/mol. The lowest BCUT2D eigenvalue weighted by atomic mass is 10.1. The number of para-hydroxylation sites is 1. The molecule has 0 amide bonds. The van der Waals surface area contributed by atoms with Gasteiger partial charge in [0, 0.05) is 20.3 Å². The maximum Gasteiger partial charge on any atom is 0.222 e. The fourth-order valence-electron chi connectivity index (χ4n) is 3.22. The summed E-state index contributed by atoms with van der Waals surface area (Å²) in [6.45, 7) is 3.74. The van der Waals surface area contributed by atoms with Crippen LogP contribution in [0, 0.1) is 0 Å². The highest BCUT2D eigenvalue weighted by atomic mass is 31.2. The summed E-state index contributed by atoms with van der Waals surface area (Å²) in [5.74, 6) is 0.921. The first-order chi connectivity index (χ1) is 18.1. The van der Waals surface area contributed by atoms with Crippen LogP contribution >= 0.6 is 8.30 Å². The van der Waals surface area contributed by atoms with Gasteiger partial charge in [-0.15, -0.1) is 0 Å². The molecule has 0 saturated carbocycles. The summed E-state index contributed by atoms with van der Waals surface area (Å²) < 4.78 is 18.4. The normalized spacial score (nSPS) is 12.4. The van der Waals surface area contributed by atoms with E-state index in [0.717, 1.165) is 24.2 Å². The maximum atomic E-state index is 11.8. The SMILES string of the molecule is CCOC.Nc1ncc2ncn(CCOCP(N[C@H](C=O)Cc3ccccc3)Oc3ccccc3)c2n1. The molecule has 3 N–H and O–H groups in total. The highest BCUT2D eigenvalue weighted by Gasteiger charge is 2.18. The van der Waals surface area contributed by atoms with Crippen LogP contribution in [-0.2, 0) is 27.2 Å². The quantitative estimate of drug-likeness (QED) is 0.152. The number of nitrogens with zero attached hydrogens (tertiary/aromatic N) is 4. The van der Waals surface area contributed by atoms with Crippen LogP contribution in [-0.4, -0.2) is 58.5 Å². The first kappa shape index (κ1) is 28.1. The number of nitrogen functional groups attached to an aromatic ring is 1. The lowest BCUT2D eigenvalue weighted by molar-refractivity contribution is -0.109. The van der Waals surface area contributed by atoms with E-state index in [4.69, 9.17) is 15.0 Å². The molecule has 0 radical (unpaired) electrons. The highest BCUT2D eigenvalue weighted by molar-refractivity contribution is 7.50. The molecule has 2 aromatic heterocycles. The van der Waals surface area contributed by atoms with Gasteiger partial charge in [-0.05, 0) is 31.0 Å². The van der Waals surface area contributed by atoms with Crippen molar-refractivity contribution in [3.05, 3.63) is 78.8 Å². The van der Waals surface area contributed by atoms with Gasteiger partial charge in [0.05, 0.1) is 25.2 Å². The number of aromatic nitrogens is 4. The maximum absolute atomic E-state index is 11.8. The number of nitrogens with one attached hydrogen (secondary N) is 1. The van der Waals surface area contributed by atoms with E-state index in [1.165, 1.54) is 0 Å². The van der Waals surface area contributed by atoms with Crippen molar-refractivity contribution in [1.29, 1.82) is 0 Å². The Morgan fingerprint density at radius 1 is 1.11 bits per heavy atom. The Labute approximate surface area is 218 Å². The molecule has 196 valence electrons. The number of methoxy groups -OCH3 is 1. The molecule has 2 atom stereocenters. The molecule has 4 rings (SSSR count). The van der Waals surface area contributed by atoms with Crippen molar-refractivity contribution in [3.8, 4) is 5.75 Å². The van der Waals surface area contributed by atoms with E-state index < -0.39 is 8.30 Å². The van der Waals surface area contributed by atoms with Crippen molar-refractivity contribution in [2.75, 3.05) is 32.4 Å². The zero-order chi connectivity index (χ0) is 26.3. The molecule has 0 aliphatic carbocycles. The summed E-state index contributed by atoms with van der Waals surface area (Å²) in [6, 6.07) is 19.0. The summed E-state index contributed by atoms with van der Waals surface area (Å²) in [4.78, 5) is 24.2. The molecule has 0 bridgehead atoms. The Bertz CT molecular complexity index is 1190. The minimum absolute atomic E-state index is 0.201. The summed E-state index contributed by atoms with van der Waals surface area (Å²) in [5.41, 5.74) is 8.10. The number of rotatable bonds is 13. The van der Waals surface area contributed by atoms with E-state index in [1.807, 2.05) is 72.2 Å². The highest BCUT2D eigenvalue weighted by Crippen LogP contribution is 2.35. The second-order valence-corrected chi connectivity index (χ2v) is 9.29. The van der Waals surface area contributed by atoms with Crippen molar-refractivity contribution >= 4 is 31.7 Å². The van der Waals surface area contributed by atoms with Gasteiger partial charge in [-0.25, -0.2) is 9.97 Å². The van der Waals surface area contributed by atoms with E-state index in [2.05, 4.69) is 24.8 Å². The minimum atomic E-state index is -1.26. The van der Waals surface area contributed by atoms with Gasteiger partial charge in [0.1, 0.15) is 23.9 Å². The third-order valence-electron chi connectivity index (χ3n) is 5.08. The number of carbonyl (C=O) groups excluding carboxylic acids is 1. The lowest BCUT2D eigenvalue weighted by Crippen LogP contribution is -2.31. The van der Waals surface area contributed by atoms with Crippen LogP contribution in [0.1, 0.15) is 12.5 Å². The van der Waals surface area contributed by atoms with Crippen LogP contribution in [0.5, 0.6) is 5.75 Å². The molecule has 10 nitrogen and oxygen atoms in total. The van der Waals surface area contributed by atoms with E-state index in [-0.39, 0.29) is 12.0 Å². The second kappa shape index (κ2) is 15.6. The summed E-state index contributed by atoms with van der Waals surface area (Å²) in [5, 5.41) is 3.32. The van der Waals surface area contributed by atoms with Crippen LogP contribution in [0.25, 0.3) is 11.2 Å². The van der Waals surface area contributed by atoms with Gasteiger partial charge in [-0.2, -0.15) is 4.98 Å². The molecule has 2 heterocycles. The van der Waals surface area contributed by atoms with E-state index >= 15 is 0 Å². The molecule has 11 heteroatoms. The zero-order valence-electron chi connectivity index (χ0n) is 21.1. The Kier molecular flexibility index (Phi) is 11.9. The Morgan fingerprint density at radius 3 is 2.49 bits per heavy atom. The molecule has 0 fully saturated rings. The molecule has 37 heavy (non-hydrogen) atoms. The van der Waals surface area contributed by atoms with E-state index in [1.54, 1.807) is 19.6 Å². The molecule has 0 aliphatic rings. The fourth-order valence-corrected chi connectivity index (χ4v) is 4.59. The Balaban J connectivity index is 0.000000886. The number of imidazole rings is 1. The molecule has 4 aromatic rings. The first-order valence-corrected chi connectivity index (χ1v) is 13.3. The van der Waals surface area contributed by atoms with E-state index in [9.17, 15) is 4.79 Å². The summed E-state index contributed by atoms with van der Waals surface area (Å²) in [7, 11) is 0.419. The average molecular weight is 525 g/mol. The van der Waals surface area contributed by atoms with Crippen LogP contribution < -0.4 is 15.3 Å². The topological polar surface area (TPSA) is 126 Å². The Morgan fingerprint density at radius 2 is 1.81 bits per heavy atom. The van der Waals surface area contributed by atoms with E-state index in [0.29, 0.717) is 37.1 Å². The number of aldehydes is 1. The van der Waals surface area contributed by atoms with Gasteiger partial charge in [0.25, 0.3) is 0 Å². The van der Waals surface area contributed by atoms with Crippen LogP contribution in [0.2, 0.25) is 0 Å². The predicted molar refractivity (Wildman–Crippen MR) is 145 cm³/mol. The van der Waals surface area contributed by atoms with Gasteiger partial charge in [-0.1, -0.05) is 48.5 Å². The molecular weight excluding hydrogens is 491 g/mol. The number of fused-ring (bicyclic) bond motifs is 1. The predicted octanol–water partition coefficient (Wildman–Crippen LogP) is 3.83. The number of hydrogen-bond acceptors (Lipinski definition) is 9. The van der Waals surface area contributed by atoms with Gasteiger partial charge in [0.2, 0.25) is 5.95 Å². The number of hydrogen-bond donors (Lipinski definition) is 2. The largest absolute Gasteiger partial charge is 0.456 e. The van der Waals surface area contributed by atoms with Crippen LogP contribution in [0.15, 0.2) is 73.2 Å². The van der Waals surface area contributed by atoms with Crippen molar-refractivity contribution in [2.24, 2.45) is 0 Å². The number of carbonyl (C=O) groups is 1. The van der Waals surface area contributed by atoms with Gasteiger partial charge in [0.15, 0.2) is 13.9 Å². The Hall–Kier alpha value is -3.43. The fraction of sp³-hybridized carbons (Fsp3) is 0.308. The lowest BCUT2D eigenvalue weighted by Gasteiger charge is -2.23. The third kappa shape index (κ3) is 9.51. The average Bonchev–Trinajstić information content (AvgIpc) is 3.33. The van der Waals surface area contributed by atoms with Gasteiger partial charge in [-0.3, -0.25) is 5.09 Å². The van der Waals surface area contributed by atoms with Crippen LogP contribution in [0.3, 0.4) is 0 Å². The zero-order valence-corrected chi connectivity index (χ0v) is 22.0. The molecule has 1 unspecified atom stereocenters. The van der Waals surface area contributed by atoms with Crippen molar-refractivity contribution in [2.45, 2.75) is 25.9 Å². The number of ether oxygens (including phenoxy) is 2. The summed E-state index contributed by atoms with van der Waals surface area (Å²) in [6.07, 6.45) is 5.08. The van der Waals surface area contributed by atoms with Gasteiger partial charge < -0.3 is 29.1 Å². The molecule has 0 aliphatic heterocycles. The molecular formula is C26H33N6O4P. The molecule has 2 aromatic carbocycles. The molecule has 0 spiro atoms. The smallest absolute Gasteiger partial charge is 0.222 e. The molecule has 0 saturated heterocycles. The number of nitrogens with two attached hydrogens (primary N) is 1.